The number of benzene rings is 1. The van der Waals surface area contributed by atoms with Gasteiger partial charge in [-0.15, -0.1) is 0 Å². The highest BCUT2D eigenvalue weighted by atomic mass is 32.2. The first-order chi connectivity index (χ1) is 8.15. The summed E-state index contributed by atoms with van der Waals surface area (Å²) in [5.74, 6) is 0.126. The summed E-state index contributed by atoms with van der Waals surface area (Å²) < 4.78 is 13.0. The number of aromatic nitrogens is 2. The Bertz CT molecular complexity index is 585. The highest BCUT2D eigenvalue weighted by molar-refractivity contribution is 7.98. The zero-order valence-electron chi connectivity index (χ0n) is 8.81. The van der Waals surface area contributed by atoms with Gasteiger partial charge in [-0.25, -0.2) is 9.37 Å². The molecule has 3 N–H and O–H groups in total. The maximum Gasteiger partial charge on any atom is 0.251 e. The smallest absolute Gasteiger partial charge is 0.251 e. The van der Waals surface area contributed by atoms with Crippen LogP contribution in [-0.2, 0) is 5.75 Å². The molecule has 0 bridgehead atoms. The largest absolute Gasteiger partial charge is 0.398 e. The summed E-state index contributed by atoms with van der Waals surface area (Å²) in [6, 6.07) is 5.54. The molecule has 17 heavy (non-hydrogen) atoms. The van der Waals surface area contributed by atoms with Crippen LogP contribution in [0.15, 0.2) is 40.4 Å². The first-order valence-electron chi connectivity index (χ1n) is 4.87. The molecule has 0 aliphatic heterocycles. The Morgan fingerprint density at radius 3 is 3.00 bits per heavy atom. The van der Waals surface area contributed by atoms with Crippen LogP contribution in [0.2, 0.25) is 0 Å². The van der Waals surface area contributed by atoms with Gasteiger partial charge in [0.15, 0.2) is 5.16 Å². The highest BCUT2D eigenvalue weighted by Gasteiger charge is 2.03. The Kier molecular flexibility index (Phi) is 3.43. The number of anilines is 1. The molecule has 0 unspecified atom stereocenters. The lowest BCUT2D eigenvalue weighted by Gasteiger charge is -2.04. The summed E-state index contributed by atoms with van der Waals surface area (Å²) in [5.41, 5.74) is 6.71. The van der Waals surface area contributed by atoms with Gasteiger partial charge in [0, 0.05) is 23.7 Å². The van der Waals surface area contributed by atoms with Crippen LogP contribution < -0.4 is 11.3 Å². The average molecular weight is 251 g/mol. The molecule has 0 saturated carbocycles. The second-order valence-corrected chi connectivity index (χ2v) is 4.34. The van der Waals surface area contributed by atoms with E-state index in [4.69, 9.17) is 5.73 Å². The van der Waals surface area contributed by atoms with E-state index in [0.717, 1.165) is 0 Å². The normalized spacial score (nSPS) is 10.4. The van der Waals surface area contributed by atoms with E-state index in [-0.39, 0.29) is 11.4 Å². The molecule has 0 amide bonds. The first kappa shape index (κ1) is 11.7. The molecular formula is C11H10FN3OS. The lowest BCUT2D eigenvalue weighted by Crippen LogP contribution is -2.05. The van der Waals surface area contributed by atoms with Gasteiger partial charge >= 0.3 is 0 Å². The van der Waals surface area contributed by atoms with Gasteiger partial charge in [0.05, 0.1) is 0 Å². The number of rotatable bonds is 3. The van der Waals surface area contributed by atoms with Crippen molar-refractivity contribution < 1.29 is 4.39 Å². The van der Waals surface area contributed by atoms with E-state index >= 15 is 0 Å². The number of hydrogen-bond donors (Lipinski definition) is 2. The third-order valence-corrected chi connectivity index (χ3v) is 3.05. The van der Waals surface area contributed by atoms with Crippen LogP contribution in [0.5, 0.6) is 0 Å². The molecule has 0 aliphatic rings. The average Bonchev–Trinajstić information content (AvgIpc) is 2.30. The lowest BCUT2D eigenvalue weighted by molar-refractivity contribution is 0.627. The third-order valence-electron chi connectivity index (χ3n) is 2.12. The molecule has 2 aromatic rings. The minimum Gasteiger partial charge on any atom is -0.398 e. The van der Waals surface area contributed by atoms with E-state index < -0.39 is 0 Å². The van der Waals surface area contributed by atoms with Crippen LogP contribution in [0.25, 0.3) is 0 Å². The fourth-order valence-electron chi connectivity index (χ4n) is 1.27. The maximum absolute atomic E-state index is 13.0. The summed E-state index contributed by atoms with van der Waals surface area (Å²) in [5, 5.41) is 0.487. The predicted molar refractivity (Wildman–Crippen MR) is 65.2 cm³/mol. The second-order valence-electron chi connectivity index (χ2n) is 3.37. The number of halogens is 1. The molecule has 0 saturated heterocycles. The third kappa shape index (κ3) is 3.07. The number of H-pyrrole nitrogens is 1. The Morgan fingerprint density at radius 2 is 2.24 bits per heavy atom. The van der Waals surface area contributed by atoms with Crippen molar-refractivity contribution in [2.45, 2.75) is 10.9 Å². The van der Waals surface area contributed by atoms with E-state index in [1.165, 1.54) is 42.2 Å². The number of nitrogens with zero attached hydrogens (tertiary/aromatic N) is 1. The van der Waals surface area contributed by atoms with Crippen molar-refractivity contribution in [3.8, 4) is 0 Å². The van der Waals surface area contributed by atoms with Gasteiger partial charge < -0.3 is 10.7 Å². The number of thioether (sulfide) groups is 1. The van der Waals surface area contributed by atoms with Gasteiger partial charge in [-0.2, -0.15) is 0 Å². The molecule has 1 aromatic heterocycles. The van der Waals surface area contributed by atoms with Crippen LogP contribution >= 0.6 is 11.8 Å². The Morgan fingerprint density at radius 1 is 1.41 bits per heavy atom. The van der Waals surface area contributed by atoms with Gasteiger partial charge in [0.25, 0.3) is 5.56 Å². The maximum atomic E-state index is 13.0. The molecule has 0 spiro atoms. The Labute approximate surface area is 101 Å². The zero-order chi connectivity index (χ0) is 12.3. The summed E-state index contributed by atoms with van der Waals surface area (Å²) in [6.45, 7) is 0. The van der Waals surface area contributed by atoms with Crippen molar-refractivity contribution in [3.63, 3.8) is 0 Å². The van der Waals surface area contributed by atoms with Crippen molar-refractivity contribution in [2.24, 2.45) is 0 Å². The molecule has 6 heteroatoms. The molecule has 88 valence electrons. The fraction of sp³-hybridized carbons (Fsp3) is 0.0909. The zero-order valence-corrected chi connectivity index (χ0v) is 9.63. The summed E-state index contributed by atoms with van der Waals surface area (Å²) in [6.07, 6.45) is 1.43. The van der Waals surface area contributed by atoms with Crippen LogP contribution in [-0.4, -0.2) is 9.97 Å². The molecule has 0 radical (unpaired) electrons. The highest BCUT2D eigenvalue weighted by Crippen LogP contribution is 2.22. The summed E-state index contributed by atoms with van der Waals surface area (Å²) in [4.78, 5) is 17.6. The fourth-order valence-corrected chi connectivity index (χ4v) is 2.12. The first-order valence-corrected chi connectivity index (χ1v) is 5.86. The number of nitrogens with two attached hydrogens (primary N) is 1. The van der Waals surface area contributed by atoms with E-state index in [1.807, 2.05) is 0 Å². The van der Waals surface area contributed by atoms with E-state index in [2.05, 4.69) is 9.97 Å². The Hall–Kier alpha value is -1.82. The molecule has 1 heterocycles. The summed E-state index contributed by atoms with van der Waals surface area (Å²) in [7, 11) is 0. The van der Waals surface area contributed by atoms with Gasteiger partial charge in [-0.3, -0.25) is 4.79 Å². The van der Waals surface area contributed by atoms with Gasteiger partial charge in [-0.05, 0) is 23.8 Å². The number of aromatic amines is 1. The number of nitrogen functional groups attached to an aromatic ring is 1. The topological polar surface area (TPSA) is 71.8 Å². The summed E-state index contributed by atoms with van der Waals surface area (Å²) >= 11 is 1.30. The van der Waals surface area contributed by atoms with Crippen molar-refractivity contribution in [1.29, 1.82) is 0 Å². The lowest BCUT2D eigenvalue weighted by atomic mass is 10.2. The quantitative estimate of drug-likeness (QED) is 0.495. The van der Waals surface area contributed by atoms with E-state index in [9.17, 15) is 9.18 Å². The molecule has 0 atom stereocenters. The molecular weight excluding hydrogens is 241 g/mol. The minimum absolute atomic E-state index is 0.213. The number of hydrogen-bond acceptors (Lipinski definition) is 4. The predicted octanol–water partition coefficient (Wildman–Crippen LogP) is 1.78. The van der Waals surface area contributed by atoms with Crippen molar-refractivity contribution in [1.82, 2.24) is 9.97 Å². The van der Waals surface area contributed by atoms with Gasteiger partial charge in [0.1, 0.15) is 5.82 Å². The van der Waals surface area contributed by atoms with Gasteiger partial charge in [0.2, 0.25) is 0 Å². The van der Waals surface area contributed by atoms with Crippen molar-refractivity contribution >= 4 is 17.4 Å². The minimum atomic E-state index is -0.329. The SMILES string of the molecule is Nc1ccc(F)cc1CSc1nccc(=O)[nH]1. The molecule has 0 fully saturated rings. The molecule has 2 rings (SSSR count). The van der Waals surface area contributed by atoms with Gasteiger partial charge in [-0.1, -0.05) is 11.8 Å². The van der Waals surface area contributed by atoms with Crippen LogP contribution in [0.1, 0.15) is 5.56 Å². The molecule has 0 aliphatic carbocycles. The monoisotopic (exact) mass is 251 g/mol. The van der Waals surface area contributed by atoms with Crippen molar-refractivity contribution in [3.05, 3.63) is 52.2 Å². The standard InChI is InChI=1S/C11H10FN3OS/c12-8-1-2-9(13)7(5-8)6-17-11-14-4-3-10(16)15-11/h1-5H,6,13H2,(H,14,15,16). The second kappa shape index (κ2) is 5.01. The van der Waals surface area contributed by atoms with Crippen molar-refractivity contribution in [2.75, 3.05) is 5.73 Å². The van der Waals surface area contributed by atoms with Crippen LogP contribution in [0, 0.1) is 5.82 Å². The number of nitrogens with one attached hydrogen (secondary N) is 1. The molecule has 4 nitrogen and oxygen atoms in total. The Balaban J connectivity index is 2.12. The van der Waals surface area contributed by atoms with E-state index in [0.29, 0.717) is 22.2 Å². The van der Waals surface area contributed by atoms with Crippen LogP contribution in [0.4, 0.5) is 10.1 Å². The van der Waals surface area contributed by atoms with E-state index in [1.54, 1.807) is 0 Å². The molecule has 1 aromatic carbocycles. The van der Waals surface area contributed by atoms with Crippen LogP contribution in [0.3, 0.4) is 0 Å².